The van der Waals surface area contributed by atoms with Crippen molar-refractivity contribution >= 4 is 23.3 Å². The van der Waals surface area contributed by atoms with E-state index < -0.39 is 5.60 Å². The summed E-state index contributed by atoms with van der Waals surface area (Å²) >= 11 is 6.22. The number of piperazine rings is 1. The molecule has 5 heteroatoms. The number of benzene rings is 1. The first-order valence-electron chi connectivity index (χ1n) is 7.29. The number of rotatable bonds is 3. The summed E-state index contributed by atoms with van der Waals surface area (Å²) in [6, 6.07) is 7.87. The lowest BCUT2D eigenvalue weighted by Gasteiger charge is -2.36. The Hall–Kier alpha value is -1.26. The molecule has 0 aliphatic carbocycles. The molecule has 2 rings (SSSR count). The fourth-order valence-corrected chi connectivity index (χ4v) is 2.67. The monoisotopic (exact) mass is 310 g/mol. The van der Waals surface area contributed by atoms with Crippen molar-refractivity contribution in [3.63, 3.8) is 0 Å². The summed E-state index contributed by atoms with van der Waals surface area (Å²) < 4.78 is 5.36. The predicted octanol–water partition coefficient (Wildman–Crippen LogP) is 2.80. The van der Waals surface area contributed by atoms with Crippen molar-refractivity contribution in [3.05, 3.63) is 29.3 Å². The third-order valence-electron chi connectivity index (χ3n) is 3.34. The quantitative estimate of drug-likeness (QED) is 0.804. The lowest BCUT2D eigenvalue weighted by Crippen LogP contribution is -2.48. The van der Waals surface area contributed by atoms with E-state index in [0.717, 1.165) is 36.9 Å². The fourth-order valence-electron chi connectivity index (χ4n) is 2.41. The van der Waals surface area contributed by atoms with Crippen LogP contribution >= 0.6 is 11.6 Å². The maximum Gasteiger partial charge on any atom is 0.320 e. The van der Waals surface area contributed by atoms with Gasteiger partial charge in [-0.2, -0.15) is 0 Å². The van der Waals surface area contributed by atoms with Gasteiger partial charge < -0.3 is 9.64 Å². The van der Waals surface area contributed by atoms with Crippen LogP contribution in [0.5, 0.6) is 0 Å². The van der Waals surface area contributed by atoms with Crippen LogP contribution in [-0.2, 0) is 9.53 Å². The highest BCUT2D eigenvalue weighted by Crippen LogP contribution is 2.25. The Morgan fingerprint density at radius 2 is 1.81 bits per heavy atom. The zero-order valence-electron chi connectivity index (χ0n) is 12.9. The van der Waals surface area contributed by atoms with Crippen LogP contribution < -0.4 is 4.90 Å². The van der Waals surface area contributed by atoms with E-state index in [4.69, 9.17) is 16.3 Å². The fraction of sp³-hybridized carbons (Fsp3) is 0.562. The molecule has 1 aliphatic heterocycles. The molecule has 0 atom stereocenters. The van der Waals surface area contributed by atoms with Crippen LogP contribution in [0.25, 0.3) is 0 Å². The summed E-state index contributed by atoms with van der Waals surface area (Å²) in [4.78, 5) is 16.2. The molecule has 0 spiro atoms. The van der Waals surface area contributed by atoms with Crippen molar-refractivity contribution < 1.29 is 9.53 Å². The molecule has 0 unspecified atom stereocenters. The van der Waals surface area contributed by atoms with E-state index in [-0.39, 0.29) is 5.97 Å². The van der Waals surface area contributed by atoms with Gasteiger partial charge >= 0.3 is 5.97 Å². The van der Waals surface area contributed by atoms with Crippen LogP contribution in [0, 0.1) is 0 Å². The number of carbonyl (C=O) groups excluding carboxylic acids is 1. The van der Waals surface area contributed by atoms with Gasteiger partial charge in [-0.25, -0.2) is 0 Å². The van der Waals surface area contributed by atoms with Gasteiger partial charge in [0.05, 0.1) is 17.3 Å². The predicted molar refractivity (Wildman–Crippen MR) is 86.0 cm³/mol. The Kier molecular flexibility index (Phi) is 5.12. The van der Waals surface area contributed by atoms with Crippen molar-refractivity contribution in [1.29, 1.82) is 0 Å². The van der Waals surface area contributed by atoms with E-state index in [1.807, 2.05) is 45.0 Å². The minimum atomic E-state index is -0.420. The highest BCUT2D eigenvalue weighted by Gasteiger charge is 2.23. The molecule has 1 fully saturated rings. The molecule has 0 radical (unpaired) electrons. The minimum Gasteiger partial charge on any atom is -0.459 e. The van der Waals surface area contributed by atoms with E-state index >= 15 is 0 Å². The number of hydrogen-bond donors (Lipinski definition) is 0. The third-order valence-corrected chi connectivity index (χ3v) is 3.66. The number of anilines is 1. The molecular formula is C16H23ClN2O2. The van der Waals surface area contributed by atoms with E-state index in [2.05, 4.69) is 9.80 Å². The van der Waals surface area contributed by atoms with Crippen molar-refractivity contribution in [2.45, 2.75) is 26.4 Å². The SMILES string of the molecule is CC(C)(C)OC(=O)CN1CCN(c2ccccc2Cl)CC1. The van der Waals surface area contributed by atoms with Crippen LogP contribution in [0.3, 0.4) is 0 Å². The molecule has 116 valence electrons. The molecule has 1 saturated heterocycles. The minimum absolute atomic E-state index is 0.159. The van der Waals surface area contributed by atoms with Crippen molar-refractivity contribution in [3.8, 4) is 0 Å². The second-order valence-electron chi connectivity index (χ2n) is 6.30. The second kappa shape index (κ2) is 6.67. The molecule has 0 aromatic heterocycles. The first-order valence-corrected chi connectivity index (χ1v) is 7.66. The Bertz CT molecular complexity index is 491. The van der Waals surface area contributed by atoms with E-state index in [0.29, 0.717) is 6.54 Å². The van der Waals surface area contributed by atoms with Gasteiger partial charge in [0.25, 0.3) is 0 Å². The van der Waals surface area contributed by atoms with E-state index in [1.165, 1.54) is 0 Å². The third kappa shape index (κ3) is 4.90. The van der Waals surface area contributed by atoms with E-state index in [9.17, 15) is 4.79 Å². The Labute approximate surface area is 131 Å². The molecule has 1 aliphatic rings. The molecule has 4 nitrogen and oxygen atoms in total. The number of para-hydroxylation sites is 1. The lowest BCUT2D eigenvalue weighted by molar-refractivity contribution is -0.156. The Balaban J connectivity index is 1.84. The van der Waals surface area contributed by atoms with Crippen molar-refractivity contribution in [2.75, 3.05) is 37.6 Å². The summed E-state index contributed by atoms with van der Waals surface area (Å²) in [5.74, 6) is -0.159. The molecule has 1 aromatic carbocycles. The molecule has 0 N–H and O–H groups in total. The van der Waals surface area contributed by atoms with Gasteiger partial charge in [-0.05, 0) is 32.9 Å². The first kappa shape index (κ1) is 16.1. The first-order chi connectivity index (χ1) is 9.85. The Morgan fingerprint density at radius 3 is 2.38 bits per heavy atom. The van der Waals surface area contributed by atoms with Crippen LogP contribution in [0.15, 0.2) is 24.3 Å². The summed E-state index contributed by atoms with van der Waals surface area (Å²) in [5, 5.41) is 0.776. The van der Waals surface area contributed by atoms with E-state index in [1.54, 1.807) is 0 Å². The summed E-state index contributed by atoms with van der Waals surface area (Å²) in [6.45, 7) is 9.43. The standard InChI is InChI=1S/C16H23ClN2O2/c1-16(2,3)21-15(20)12-18-8-10-19(11-9-18)14-7-5-4-6-13(14)17/h4-7H,8-12H2,1-3H3. The van der Waals surface area contributed by atoms with Crippen molar-refractivity contribution in [2.24, 2.45) is 0 Å². The molecule has 0 amide bonds. The molecule has 1 heterocycles. The normalized spacial score (nSPS) is 16.9. The van der Waals surface area contributed by atoms with Gasteiger partial charge in [0.1, 0.15) is 5.60 Å². The summed E-state index contributed by atoms with van der Waals surface area (Å²) in [6.07, 6.45) is 0. The molecule has 1 aromatic rings. The van der Waals surface area contributed by atoms with Crippen LogP contribution in [0.2, 0.25) is 5.02 Å². The molecule has 0 saturated carbocycles. The highest BCUT2D eigenvalue weighted by molar-refractivity contribution is 6.33. The summed E-state index contributed by atoms with van der Waals surface area (Å²) in [7, 11) is 0. The molecular weight excluding hydrogens is 288 g/mol. The smallest absolute Gasteiger partial charge is 0.320 e. The van der Waals surface area contributed by atoms with Gasteiger partial charge in [-0.3, -0.25) is 9.69 Å². The largest absolute Gasteiger partial charge is 0.459 e. The highest BCUT2D eigenvalue weighted by atomic mass is 35.5. The average Bonchev–Trinajstić information content (AvgIpc) is 2.38. The van der Waals surface area contributed by atoms with Crippen LogP contribution in [-0.4, -0.2) is 49.2 Å². The lowest BCUT2D eigenvalue weighted by atomic mass is 10.2. The molecule has 21 heavy (non-hydrogen) atoms. The number of nitrogens with zero attached hydrogens (tertiary/aromatic N) is 2. The number of hydrogen-bond acceptors (Lipinski definition) is 4. The zero-order valence-corrected chi connectivity index (χ0v) is 13.7. The maximum absolute atomic E-state index is 11.8. The van der Waals surface area contributed by atoms with Gasteiger partial charge in [0.2, 0.25) is 0 Å². The number of carbonyl (C=O) groups is 1. The van der Waals surface area contributed by atoms with Crippen LogP contribution in [0.4, 0.5) is 5.69 Å². The van der Waals surface area contributed by atoms with Gasteiger partial charge in [0, 0.05) is 26.2 Å². The second-order valence-corrected chi connectivity index (χ2v) is 6.71. The number of esters is 1. The van der Waals surface area contributed by atoms with Crippen LogP contribution in [0.1, 0.15) is 20.8 Å². The van der Waals surface area contributed by atoms with Gasteiger partial charge in [0.15, 0.2) is 0 Å². The van der Waals surface area contributed by atoms with Gasteiger partial charge in [-0.15, -0.1) is 0 Å². The topological polar surface area (TPSA) is 32.8 Å². The zero-order chi connectivity index (χ0) is 15.5. The number of ether oxygens (including phenoxy) is 1. The number of halogens is 1. The Morgan fingerprint density at radius 1 is 1.19 bits per heavy atom. The van der Waals surface area contributed by atoms with Gasteiger partial charge in [-0.1, -0.05) is 23.7 Å². The average molecular weight is 311 g/mol. The molecule has 0 bridgehead atoms. The summed E-state index contributed by atoms with van der Waals surface area (Å²) in [5.41, 5.74) is 0.646. The maximum atomic E-state index is 11.8. The van der Waals surface area contributed by atoms with Crippen molar-refractivity contribution in [1.82, 2.24) is 4.90 Å².